The third kappa shape index (κ3) is 3.71. The van der Waals surface area contributed by atoms with Crippen molar-refractivity contribution < 1.29 is 4.79 Å². The molecule has 0 aliphatic heterocycles. The molecule has 0 radical (unpaired) electrons. The van der Waals surface area contributed by atoms with Gasteiger partial charge >= 0.3 is 0 Å². The van der Waals surface area contributed by atoms with Gasteiger partial charge < -0.3 is 11.1 Å². The summed E-state index contributed by atoms with van der Waals surface area (Å²) in [6, 6.07) is 8.41. The van der Waals surface area contributed by atoms with Crippen LogP contribution in [0, 0.1) is 6.92 Å². The zero-order valence-corrected chi connectivity index (χ0v) is 12.6. The van der Waals surface area contributed by atoms with Gasteiger partial charge in [-0.3, -0.25) is 4.79 Å². The number of rotatable bonds is 4. The van der Waals surface area contributed by atoms with Crippen LogP contribution in [0.2, 0.25) is 0 Å². The summed E-state index contributed by atoms with van der Waals surface area (Å²) in [4.78, 5) is 11.8. The Hall–Kier alpha value is -1.06. The Bertz CT molecular complexity index is 467. The van der Waals surface area contributed by atoms with Gasteiger partial charge in [0.2, 0.25) is 5.91 Å². The topological polar surface area (TPSA) is 55.1 Å². The van der Waals surface area contributed by atoms with Crippen LogP contribution in [0.25, 0.3) is 0 Å². The Morgan fingerprint density at radius 3 is 2.58 bits per heavy atom. The predicted molar refractivity (Wildman–Crippen MR) is 80.6 cm³/mol. The van der Waals surface area contributed by atoms with Gasteiger partial charge in [-0.1, -0.05) is 43.7 Å². The van der Waals surface area contributed by atoms with E-state index in [-0.39, 0.29) is 23.7 Å². The maximum absolute atomic E-state index is 11.8. The summed E-state index contributed by atoms with van der Waals surface area (Å²) >= 11 is 0. The van der Waals surface area contributed by atoms with E-state index in [2.05, 4.69) is 50.4 Å². The Labute approximate surface area is 121 Å². The van der Waals surface area contributed by atoms with Crippen molar-refractivity contribution in [3.8, 4) is 0 Å². The molecule has 1 saturated carbocycles. The maximum atomic E-state index is 11.8. The van der Waals surface area contributed by atoms with E-state index in [1.165, 1.54) is 11.1 Å². The van der Waals surface area contributed by atoms with Crippen LogP contribution >= 0.6 is 12.4 Å². The van der Waals surface area contributed by atoms with Gasteiger partial charge in [0.1, 0.15) is 0 Å². The van der Waals surface area contributed by atoms with Crippen LogP contribution in [0.15, 0.2) is 24.3 Å². The molecule has 19 heavy (non-hydrogen) atoms. The molecule has 1 aliphatic carbocycles. The number of benzene rings is 1. The average molecular weight is 283 g/mol. The van der Waals surface area contributed by atoms with Gasteiger partial charge in [0.05, 0.1) is 5.54 Å². The van der Waals surface area contributed by atoms with Crippen molar-refractivity contribution in [3.63, 3.8) is 0 Å². The van der Waals surface area contributed by atoms with Crippen LogP contribution in [0.5, 0.6) is 0 Å². The van der Waals surface area contributed by atoms with Crippen LogP contribution in [0.1, 0.15) is 37.8 Å². The monoisotopic (exact) mass is 282 g/mol. The van der Waals surface area contributed by atoms with Crippen LogP contribution in [-0.2, 0) is 10.2 Å². The standard InChI is InChI=1S/C15H22N2O.ClH/c1-11-5-4-6-12(9-11)14(2,3)10-17-13(18)15(16)7-8-15;/h4-6,9H,7-8,10,16H2,1-3H3,(H,17,18);1H. The quantitative estimate of drug-likeness (QED) is 0.890. The normalized spacial score (nSPS) is 16.4. The van der Waals surface area contributed by atoms with E-state index < -0.39 is 5.54 Å². The number of aryl methyl sites for hydroxylation is 1. The van der Waals surface area contributed by atoms with Gasteiger partial charge in [0, 0.05) is 12.0 Å². The maximum Gasteiger partial charge on any atom is 0.240 e. The Morgan fingerprint density at radius 2 is 2.05 bits per heavy atom. The molecule has 4 heteroatoms. The molecule has 3 nitrogen and oxygen atoms in total. The molecule has 0 aromatic heterocycles. The number of hydrogen-bond donors (Lipinski definition) is 2. The molecule has 0 atom stereocenters. The van der Waals surface area contributed by atoms with Crippen LogP contribution in [0.3, 0.4) is 0 Å². The van der Waals surface area contributed by atoms with Crippen LogP contribution in [0.4, 0.5) is 0 Å². The summed E-state index contributed by atoms with van der Waals surface area (Å²) in [7, 11) is 0. The summed E-state index contributed by atoms with van der Waals surface area (Å²) in [6.07, 6.45) is 1.62. The second-order valence-corrected chi connectivity index (χ2v) is 6.09. The van der Waals surface area contributed by atoms with E-state index in [0.717, 1.165) is 12.8 Å². The number of carbonyl (C=O) groups excluding carboxylic acids is 1. The lowest BCUT2D eigenvalue weighted by molar-refractivity contribution is -0.123. The van der Waals surface area contributed by atoms with E-state index in [1.807, 2.05) is 0 Å². The van der Waals surface area contributed by atoms with Gasteiger partial charge in [-0.15, -0.1) is 12.4 Å². The van der Waals surface area contributed by atoms with E-state index in [9.17, 15) is 4.79 Å². The first-order valence-corrected chi connectivity index (χ1v) is 6.48. The van der Waals surface area contributed by atoms with Gasteiger partial charge in [0.15, 0.2) is 0 Å². The third-order valence-corrected chi connectivity index (χ3v) is 3.73. The minimum atomic E-state index is -0.581. The molecule has 1 aliphatic rings. The molecular weight excluding hydrogens is 260 g/mol. The molecule has 1 aromatic rings. The minimum absolute atomic E-state index is 0. The molecular formula is C15H23ClN2O. The zero-order chi connectivity index (χ0) is 13.4. The van der Waals surface area contributed by atoms with Crippen molar-refractivity contribution in [1.82, 2.24) is 5.32 Å². The van der Waals surface area contributed by atoms with E-state index in [4.69, 9.17) is 5.73 Å². The highest BCUT2D eigenvalue weighted by Crippen LogP contribution is 2.32. The van der Waals surface area contributed by atoms with Crippen molar-refractivity contribution in [2.45, 2.75) is 44.6 Å². The molecule has 0 saturated heterocycles. The second-order valence-electron chi connectivity index (χ2n) is 6.09. The average Bonchev–Trinajstić information content (AvgIpc) is 3.06. The minimum Gasteiger partial charge on any atom is -0.354 e. The first kappa shape index (κ1) is 16.0. The van der Waals surface area contributed by atoms with Gasteiger partial charge in [-0.2, -0.15) is 0 Å². The van der Waals surface area contributed by atoms with Crippen LogP contribution in [-0.4, -0.2) is 18.0 Å². The number of nitrogens with one attached hydrogen (secondary N) is 1. The van der Waals surface area contributed by atoms with Gasteiger partial charge in [0.25, 0.3) is 0 Å². The smallest absolute Gasteiger partial charge is 0.240 e. The lowest BCUT2D eigenvalue weighted by Crippen LogP contribution is -2.46. The molecule has 0 spiro atoms. The molecule has 3 N–H and O–H groups in total. The number of halogens is 1. The molecule has 0 heterocycles. The fourth-order valence-corrected chi connectivity index (χ4v) is 2.01. The molecule has 0 bridgehead atoms. The molecule has 0 unspecified atom stereocenters. The summed E-state index contributed by atoms with van der Waals surface area (Å²) in [5.41, 5.74) is 7.69. The summed E-state index contributed by atoms with van der Waals surface area (Å²) < 4.78 is 0. The molecule has 106 valence electrons. The van der Waals surface area contributed by atoms with Crippen molar-refractivity contribution >= 4 is 18.3 Å². The lowest BCUT2D eigenvalue weighted by Gasteiger charge is -2.26. The first-order valence-electron chi connectivity index (χ1n) is 6.48. The molecule has 1 amide bonds. The fraction of sp³-hybridized carbons (Fsp3) is 0.533. The number of nitrogens with two attached hydrogens (primary N) is 1. The van der Waals surface area contributed by atoms with Crippen molar-refractivity contribution in [1.29, 1.82) is 0 Å². The SMILES string of the molecule is Cc1cccc(C(C)(C)CNC(=O)C2(N)CC2)c1.Cl. The van der Waals surface area contributed by atoms with E-state index in [1.54, 1.807) is 0 Å². The Kier molecular flexibility index (Phi) is 4.64. The van der Waals surface area contributed by atoms with Gasteiger partial charge in [-0.05, 0) is 25.3 Å². The highest BCUT2D eigenvalue weighted by Gasteiger charge is 2.46. The third-order valence-electron chi connectivity index (χ3n) is 3.73. The van der Waals surface area contributed by atoms with E-state index >= 15 is 0 Å². The Morgan fingerprint density at radius 1 is 1.42 bits per heavy atom. The van der Waals surface area contributed by atoms with Crippen molar-refractivity contribution in [2.75, 3.05) is 6.54 Å². The van der Waals surface area contributed by atoms with Gasteiger partial charge in [-0.25, -0.2) is 0 Å². The fourth-order valence-electron chi connectivity index (χ4n) is 2.01. The highest BCUT2D eigenvalue weighted by atomic mass is 35.5. The largest absolute Gasteiger partial charge is 0.354 e. The molecule has 1 fully saturated rings. The van der Waals surface area contributed by atoms with Crippen molar-refractivity contribution in [2.24, 2.45) is 5.73 Å². The molecule has 2 rings (SSSR count). The van der Waals surface area contributed by atoms with Crippen molar-refractivity contribution in [3.05, 3.63) is 35.4 Å². The number of amides is 1. The predicted octanol–water partition coefficient (Wildman–Crippen LogP) is 2.30. The number of hydrogen-bond acceptors (Lipinski definition) is 2. The lowest BCUT2D eigenvalue weighted by atomic mass is 9.84. The summed E-state index contributed by atoms with van der Waals surface area (Å²) in [5, 5.41) is 2.98. The summed E-state index contributed by atoms with van der Waals surface area (Å²) in [5.74, 6) is -0.0109. The molecule has 1 aromatic carbocycles. The van der Waals surface area contributed by atoms with Crippen LogP contribution < -0.4 is 11.1 Å². The summed E-state index contributed by atoms with van der Waals surface area (Å²) in [6.45, 7) is 6.97. The van der Waals surface area contributed by atoms with E-state index in [0.29, 0.717) is 6.54 Å². The Balaban J connectivity index is 0.00000180. The second kappa shape index (κ2) is 5.51. The first-order chi connectivity index (χ1) is 8.33. The zero-order valence-electron chi connectivity index (χ0n) is 11.8. The highest BCUT2D eigenvalue weighted by molar-refractivity contribution is 5.89. The number of carbonyl (C=O) groups is 1.